The number of fused-ring (bicyclic) bond motifs is 1. The molecule has 0 bridgehead atoms. The van der Waals surface area contributed by atoms with Crippen molar-refractivity contribution >= 4 is 32.5 Å². The number of amides is 2. The van der Waals surface area contributed by atoms with Crippen molar-refractivity contribution < 1.29 is 13.2 Å². The molecule has 2 heterocycles. The molecule has 196 valence electrons. The molecule has 0 radical (unpaired) electrons. The van der Waals surface area contributed by atoms with Gasteiger partial charge in [0.25, 0.3) is 0 Å². The molecule has 0 spiro atoms. The maximum atomic E-state index is 13.2. The van der Waals surface area contributed by atoms with E-state index in [9.17, 15) is 18.5 Å². The van der Waals surface area contributed by atoms with Gasteiger partial charge in [-0.2, -0.15) is 5.26 Å². The average molecular weight is 531 g/mol. The van der Waals surface area contributed by atoms with Crippen molar-refractivity contribution in [3.63, 3.8) is 0 Å². The summed E-state index contributed by atoms with van der Waals surface area (Å²) in [6.45, 7) is 4.80. The minimum Gasteiger partial charge on any atom is -0.339 e. The Hall–Kier alpha value is -4.10. The van der Waals surface area contributed by atoms with Gasteiger partial charge in [-0.3, -0.25) is 0 Å². The number of nitriles is 1. The topological polar surface area (TPSA) is 122 Å². The lowest BCUT2D eigenvalue weighted by molar-refractivity contribution is 0.250. The van der Waals surface area contributed by atoms with Crippen LogP contribution in [0.4, 0.5) is 10.5 Å². The quantitative estimate of drug-likeness (QED) is 0.322. The lowest BCUT2D eigenvalue weighted by atomic mass is 10.1. The number of aromatic nitrogens is 3. The monoisotopic (exact) mass is 530 g/mol. The average Bonchev–Trinajstić information content (AvgIpc) is 3.44. The van der Waals surface area contributed by atoms with Gasteiger partial charge in [-0.1, -0.05) is 18.2 Å². The SMILES string of the molecule is CC(C)NC(=O)Nc1ccc(-c2c(C#N)c3ccc(S(=O)(=O)CCn4ccnc4)cc3n2CC2CC2)cc1. The summed E-state index contributed by atoms with van der Waals surface area (Å²) < 4.78 is 30.2. The smallest absolute Gasteiger partial charge is 0.319 e. The highest BCUT2D eigenvalue weighted by Gasteiger charge is 2.27. The fourth-order valence-corrected chi connectivity index (χ4v) is 5.84. The van der Waals surface area contributed by atoms with E-state index in [-0.39, 0.29) is 22.7 Å². The lowest BCUT2D eigenvalue weighted by Crippen LogP contribution is -2.34. The molecular formula is C28H30N6O3S. The van der Waals surface area contributed by atoms with E-state index in [1.165, 1.54) is 0 Å². The van der Waals surface area contributed by atoms with E-state index in [4.69, 9.17) is 0 Å². The van der Waals surface area contributed by atoms with Gasteiger partial charge in [0, 0.05) is 42.6 Å². The predicted octanol–water partition coefficient (Wildman–Crippen LogP) is 4.79. The standard InChI is InChI=1S/C28H30N6O3S/c1-19(2)31-28(35)32-22-7-5-21(6-8-22)27-25(16-29)24-10-9-23(15-26(24)34(27)17-20-3-4-20)38(36,37)14-13-33-12-11-30-18-33/h5-12,15,18-20H,3-4,13-14,17H2,1-2H3,(H2,31,32,35). The van der Waals surface area contributed by atoms with Crippen molar-refractivity contribution in [1.82, 2.24) is 19.4 Å². The van der Waals surface area contributed by atoms with E-state index in [2.05, 4.69) is 26.3 Å². The first-order valence-electron chi connectivity index (χ1n) is 12.7. The molecule has 2 N–H and O–H groups in total. The number of nitrogens with zero attached hydrogens (tertiary/aromatic N) is 4. The van der Waals surface area contributed by atoms with Crippen molar-refractivity contribution in [2.24, 2.45) is 5.92 Å². The van der Waals surface area contributed by atoms with Crippen LogP contribution in [0.2, 0.25) is 0 Å². The van der Waals surface area contributed by atoms with Crippen LogP contribution in [0.3, 0.4) is 0 Å². The Morgan fingerprint density at radius 1 is 1.18 bits per heavy atom. The number of imidazole rings is 1. The molecule has 2 amide bonds. The molecule has 1 saturated carbocycles. The number of anilines is 1. The number of sulfone groups is 1. The molecule has 0 aliphatic heterocycles. The van der Waals surface area contributed by atoms with Crippen LogP contribution in [0.15, 0.2) is 66.1 Å². The summed E-state index contributed by atoms with van der Waals surface area (Å²) >= 11 is 0. The molecule has 38 heavy (non-hydrogen) atoms. The molecule has 1 aliphatic rings. The van der Waals surface area contributed by atoms with Crippen molar-refractivity contribution in [3.8, 4) is 17.3 Å². The van der Waals surface area contributed by atoms with E-state index < -0.39 is 9.84 Å². The predicted molar refractivity (Wildman–Crippen MR) is 146 cm³/mol. The van der Waals surface area contributed by atoms with Crippen LogP contribution < -0.4 is 10.6 Å². The summed E-state index contributed by atoms with van der Waals surface area (Å²) in [7, 11) is -3.55. The van der Waals surface area contributed by atoms with Crippen LogP contribution in [0.1, 0.15) is 32.3 Å². The van der Waals surface area contributed by atoms with Gasteiger partial charge < -0.3 is 19.8 Å². The van der Waals surface area contributed by atoms with Crippen LogP contribution in [0.25, 0.3) is 22.2 Å². The van der Waals surface area contributed by atoms with Crippen LogP contribution in [-0.2, 0) is 22.9 Å². The minimum absolute atomic E-state index is 0.0187. The summed E-state index contributed by atoms with van der Waals surface area (Å²) in [4.78, 5) is 16.3. The van der Waals surface area contributed by atoms with E-state index in [0.717, 1.165) is 35.0 Å². The fourth-order valence-electron chi connectivity index (χ4n) is 4.59. The first-order chi connectivity index (χ1) is 18.2. The van der Waals surface area contributed by atoms with Gasteiger partial charge >= 0.3 is 6.03 Å². The third kappa shape index (κ3) is 5.43. The largest absolute Gasteiger partial charge is 0.339 e. The van der Waals surface area contributed by atoms with Crippen molar-refractivity contribution in [3.05, 3.63) is 66.7 Å². The third-order valence-electron chi connectivity index (χ3n) is 6.66. The molecule has 0 saturated heterocycles. The second-order valence-corrected chi connectivity index (χ2v) is 12.1. The molecule has 9 nitrogen and oxygen atoms in total. The zero-order valence-corrected chi connectivity index (χ0v) is 22.2. The van der Waals surface area contributed by atoms with Gasteiger partial charge in [-0.05, 0) is 62.4 Å². The third-order valence-corrected chi connectivity index (χ3v) is 8.35. The van der Waals surface area contributed by atoms with E-state index in [1.807, 2.05) is 38.1 Å². The summed E-state index contributed by atoms with van der Waals surface area (Å²) in [5, 5.41) is 16.5. The Morgan fingerprint density at radius 3 is 2.58 bits per heavy atom. The molecule has 10 heteroatoms. The lowest BCUT2D eigenvalue weighted by Gasteiger charge is -2.13. The summed E-state index contributed by atoms with van der Waals surface area (Å²) in [6.07, 6.45) is 7.18. The van der Waals surface area contributed by atoms with Crippen LogP contribution in [0, 0.1) is 17.2 Å². The molecule has 5 rings (SSSR count). The minimum atomic E-state index is -3.55. The Kier molecular flexibility index (Phi) is 6.95. The van der Waals surface area contributed by atoms with Crippen LogP contribution >= 0.6 is 0 Å². The highest BCUT2D eigenvalue weighted by molar-refractivity contribution is 7.91. The first kappa shape index (κ1) is 25.5. The molecule has 0 unspecified atom stereocenters. The second kappa shape index (κ2) is 10.3. The molecule has 1 fully saturated rings. The van der Waals surface area contributed by atoms with E-state index >= 15 is 0 Å². The molecule has 0 atom stereocenters. The number of benzene rings is 2. The Labute approximate surface area is 222 Å². The highest BCUT2D eigenvalue weighted by atomic mass is 32.2. The first-order valence-corrected chi connectivity index (χ1v) is 14.3. The zero-order valence-electron chi connectivity index (χ0n) is 21.4. The number of urea groups is 1. The molecule has 4 aromatic rings. The molecule has 2 aromatic heterocycles. The van der Waals surface area contributed by atoms with Crippen molar-refractivity contribution in [1.29, 1.82) is 5.26 Å². The van der Waals surface area contributed by atoms with E-state index in [0.29, 0.717) is 30.3 Å². The number of rotatable bonds is 9. The van der Waals surface area contributed by atoms with Gasteiger partial charge in [0.1, 0.15) is 6.07 Å². The van der Waals surface area contributed by atoms with Gasteiger partial charge in [-0.15, -0.1) is 0 Å². The maximum absolute atomic E-state index is 13.2. The second-order valence-electron chi connectivity index (χ2n) is 10.0. The summed E-state index contributed by atoms with van der Waals surface area (Å²) in [5.74, 6) is 0.452. The number of hydrogen-bond donors (Lipinski definition) is 2. The zero-order chi connectivity index (χ0) is 26.9. The van der Waals surface area contributed by atoms with Gasteiger partial charge in [-0.25, -0.2) is 18.2 Å². The number of hydrogen-bond acceptors (Lipinski definition) is 5. The Bertz CT molecular complexity index is 1610. The maximum Gasteiger partial charge on any atom is 0.319 e. The van der Waals surface area contributed by atoms with Gasteiger partial charge in [0.15, 0.2) is 9.84 Å². The fraction of sp³-hybridized carbons (Fsp3) is 0.321. The van der Waals surface area contributed by atoms with Crippen LogP contribution in [0.5, 0.6) is 0 Å². The van der Waals surface area contributed by atoms with Crippen molar-refractivity contribution in [2.45, 2.75) is 50.7 Å². The van der Waals surface area contributed by atoms with Gasteiger partial charge in [0.2, 0.25) is 0 Å². The molecule has 1 aliphatic carbocycles. The molecular weight excluding hydrogens is 500 g/mol. The summed E-state index contributed by atoms with van der Waals surface area (Å²) in [6, 6.07) is 14.5. The molecule has 2 aromatic carbocycles. The normalized spacial score (nSPS) is 13.5. The van der Waals surface area contributed by atoms with E-state index in [1.54, 1.807) is 41.5 Å². The highest BCUT2D eigenvalue weighted by Crippen LogP contribution is 2.39. The van der Waals surface area contributed by atoms with Gasteiger partial charge in [0.05, 0.1) is 33.7 Å². The summed E-state index contributed by atoms with van der Waals surface area (Å²) in [5.41, 5.74) is 3.49. The number of nitrogens with one attached hydrogen (secondary N) is 2. The van der Waals surface area contributed by atoms with Crippen LogP contribution in [-0.4, -0.2) is 40.4 Å². The van der Waals surface area contributed by atoms with Crippen molar-refractivity contribution in [2.75, 3.05) is 11.1 Å². The number of carbonyl (C=O) groups excluding carboxylic acids is 1. The number of carbonyl (C=O) groups is 1. The number of aryl methyl sites for hydroxylation is 1. The Balaban J connectivity index is 1.52. The Morgan fingerprint density at radius 2 is 1.95 bits per heavy atom.